The van der Waals surface area contributed by atoms with E-state index in [-0.39, 0.29) is 5.97 Å². The van der Waals surface area contributed by atoms with E-state index in [2.05, 4.69) is 18.7 Å². The number of carbonyl (C=O) groups is 1. The van der Waals surface area contributed by atoms with Crippen LogP contribution in [0, 0.1) is 11.8 Å². The molecule has 0 spiro atoms. The number of likely N-dealkylation sites (tertiary alicyclic amines) is 1. The van der Waals surface area contributed by atoms with E-state index in [0.29, 0.717) is 6.04 Å². The fourth-order valence-corrected chi connectivity index (χ4v) is 3.38. The van der Waals surface area contributed by atoms with E-state index in [1.54, 1.807) is 0 Å². The van der Waals surface area contributed by atoms with Crippen molar-refractivity contribution < 1.29 is 9.53 Å². The molecule has 1 saturated heterocycles. The average Bonchev–Trinajstić information content (AvgIpc) is 2.76. The molecule has 1 saturated carbocycles. The summed E-state index contributed by atoms with van der Waals surface area (Å²) >= 11 is 0. The van der Waals surface area contributed by atoms with Crippen LogP contribution in [0.4, 0.5) is 0 Å². The van der Waals surface area contributed by atoms with E-state index in [1.165, 1.54) is 13.5 Å². The van der Waals surface area contributed by atoms with Gasteiger partial charge in [-0.15, -0.1) is 0 Å². The van der Waals surface area contributed by atoms with Gasteiger partial charge in [-0.25, -0.2) is 0 Å². The first-order valence-electron chi connectivity index (χ1n) is 7.07. The quantitative estimate of drug-likeness (QED) is 0.757. The maximum Gasteiger partial charge on any atom is 0.325 e. The molecule has 0 aromatic carbocycles. The summed E-state index contributed by atoms with van der Waals surface area (Å²) in [5.74, 6) is 1.30. The summed E-state index contributed by atoms with van der Waals surface area (Å²) in [7, 11) is 1.43. The molecule has 4 unspecified atom stereocenters. The highest BCUT2D eigenvalue weighted by Gasteiger charge is 2.45. The minimum atomic E-state index is -0.744. The van der Waals surface area contributed by atoms with Crippen LogP contribution in [0.5, 0.6) is 0 Å². The third-order valence-electron chi connectivity index (χ3n) is 5.00. The number of ether oxygens (including phenoxy) is 1. The number of rotatable bonds is 2. The molecule has 2 aliphatic rings. The van der Waals surface area contributed by atoms with Crippen molar-refractivity contribution in [1.82, 2.24) is 4.90 Å². The van der Waals surface area contributed by atoms with E-state index in [9.17, 15) is 4.79 Å². The van der Waals surface area contributed by atoms with Crippen LogP contribution in [-0.2, 0) is 9.53 Å². The molecule has 4 heteroatoms. The zero-order valence-corrected chi connectivity index (χ0v) is 11.8. The lowest BCUT2D eigenvalue weighted by molar-refractivity contribution is -0.147. The average molecular weight is 254 g/mol. The van der Waals surface area contributed by atoms with Crippen LogP contribution >= 0.6 is 0 Å². The van der Waals surface area contributed by atoms with Crippen LogP contribution in [0.15, 0.2) is 0 Å². The summed E-state index contributed by atoms with van der Waals surface area (Å²) in [5, 5.41) is 0. The van der Waals surface area contributed by atoms with Crippen molar-refractivity contribution in [3.63, 3.8) is 0 Å². The van der Waals surface area contributed by atoms with Crippen LogP contribution in [0.3, 0.4) is 0 Å². The Kier molecular flexibility index (Phi) is 3.97. The maximum absolute atomic E-state index is 11.7. The van der Waals surface area contributed by atoms with Gasteiger partial charge < -0.3 is 15.4 Å². The number of esters is 1. The Labute approximate surface area is 110 Å². The topological polar surface area (TPSA) is 55.6 Å². The highest BCUT2D eigenvalue weighted by molar-refractivity contribution is 5.81. The minimum absolute atomic E-state index is 0.247. The predicted molar refractivity (Wildman–Crippen MR) is 71.1 cm³/mol. The second kappa shape index (κ2) is 5.17. The second-order valence-corrected chi connectivity index (χ2v) is 6.28. The maximum atomic E-state index is 11.7. The first kappa shape index (κ1) is 13.8. The molecule has 2 N–H and O–H groups in total. The first-order chi connectivity index (χ1) is 8.46. The Morgan fingerprint density at radius 3 is 2.67 bits per heavy atom. The monoisotopic (exact) mass is 254 g/mol. The molecule has 0 amide bonds. The van der Waals surface area contributed by atoms with E-state index in [0.717, 1.165) is 44.2 Å². The molecule has 0 radical (unpaired) electrons. The number of hydrogen-bond acceptors (Lipinski definition) is 4. The van der Waals surface area contributed by atoms with Crippen molar-refractivity contribution in [2.45, 2.75) is 51.1 Å². The van der Waals surface area contributed by atoms with Gasteiger partial charge in [-0.05, 0) is 44.1 Å². The Hall–Kier alpha value is -0.610. The zero-order valence-electron chi connectivity index (χ0n) is 11.8. The van der Waals surface area contributed by atoms with Crippen molar-refractivity contribution in [3.05, 3.63) is 0 Å². The Morgan fingerprint density at radius 2 is 2.06 bits per heavy atom. The van der Waals surface area contributed by atoms with Gasteiger partial charge in [0.2, 0.25) is 0 Å². The highest BCUT2D eigenvalue weighted by atomic mass is 16.5. The molecule has 4 atom stereocenters. The number of carbonyl (C=O) groups excluding carboxylic acids is 1. The molecule has 18 heavy (non-hydrogen) atoms. The third kappa shape index (κ3) is 2.54. The minimum Gasteiger partial charge on any atom is -0.468 e. The molecule has 1 heterocycles. The van der Waals surface area contributed by atoms with Gasteiger partial charge in [0.05, 0.1) is 7.11 Å². The number of hydrogen-bond donors (Lipinski definition) is 1. The van der Waals surface area contributed by atoms with Crippen molar-refractivity contribution in [1.29, 1.82) is 0 Å². The molecule has 4 nitrogen and oxygen atoms in total. The molecule has 0 aromatic rings. The lowest BCUT2D eigenvalue weighted by atomic mass is 9.87. The lowest BCUT2D eigenvalue weighted by Gasteiger charge is -2.39. The summed E-state index contributed by atoms with van der Waals surface area (Å²) in [6.07, 6.45) is 3.78. The normalized spacial score (nSPS) is 41.9. The fraction of sp³-hybridized carbons (Fsp3) is 0.929. The van der Waals surface area contributed by atoms with Gasteiger partial charge in [-0.1, -0.05) is 13.8 Å². The number of piperidine rings is 1. The summed E-state index contributed by atoms with van der Waals surface area (Å²) < 4.78 is 4.83. The van der Waals surface area contributed by atoms with Crippen LogP contribution < -0.4 is 5.73 Å². The predicted octanol–water partition coefficient (Wildman–Crippen LogP) is 1.39. The number of methoxy groups -OCH3 is 1. The first-order valence-corrected chi connectivity index (χ1v) is 7.07. The van der Waals surface area contributed by atoms with Gasteiger partial charge in [0.15, 0.2) is 0 Å². The van der Waals surface area contributed by atoms with Gasteiger partial charge in [0.25, 0.3) is 0 Å². The van der Waals surface area contributed by atoms with Crippen LogP contribution in [0.25, 0.3) is 0 Å². The standard InChI is InChI=1S/C14H26N2O2/c1-10-5-7-16(9-11(10)2)12-4-6-14(15,8-12)13(17)18-3/h10-12H,4-9,15H2,1-3H3. The van der Waals surface area contributed by atoms with E-state index < -0.39 is 5.54 Å². The van der Waals surface area contributed by atoms with E-state index in [4.69, 9.17) is 10.5 Å². The summed E-state index contributed by atoms with van der Waals surface area (Å²) in [4.78, 5) is 14.2. The zero-order chi connectivity index (χ0) is 13.3. The fourth-order valence-electron chi connectivity index (χ4n) is 3.38. The Bertz CT molecular complexity index is 321. The van der Waals surface area contributed by atoms with Crippen molar-refractivity contribution in [2.75, 3.05) is 20.2 Å². The SMILES string of the molecule is COC(=O)C1(N)CCC(N2CCC(C)C(C)C2)C1. The van der Waals surface area contributed by atoms with Crippen molar-refractivity contribution in [3.8, 4) is 0 Å². The molecular weight excluding hydrogens is 228 g/mol. The summed E-state index contributed by atoms with van der Waals surface area (Å²) in [6.45, 7) is 6.94. The van der Waals surface area contributed by atoms with Gasteiger partial charge >= 0.3 is 5.97 Å². The number of nitrogens with zero attached hydrogens (tertiary/aromatic N) is 1. The van der Waals surface area contributed by atoms with Crippen LogP contribution in [-0.4, -0.2) is 42.6 Å². The summed E-state index contributed by atoms with van der Waals surface area (Å²) in [5.41, 5.74) is 5.43. The second-order valence-electron chi connectivity index (χ2n) is 6.28. The molecular formula is C14H26N2O2. The lowest BCUT2D eigenvalue weighted by Crippen LogP contribution is -2.49. The molecule has 1 aliphatic carbocycles. The van der Waals surface area contributed by atoms with Crippen LogP contribution in [0.1, 0.15) is 39.5 Å². The molecule has 104 valence electrons. The molecule has 0 bridgehead atoms. The molecule has 2 fully saturated rings. The Balaban J connectivity index is 1.95. The highest BCUT2D eigenvalue weighted by Crippen LogP contribution is 2.35. The van der Waals surface area contributed by atoms with Crippen molar-refractivity contribution >= 4 is 5.97 Å². The van der Waals surface area contributed by atoms with E-state index in [1.807, 2.05) is 0 Å². The Morgan fingerprint density at radius 1 is 1.33 bits per heavy atom. The van der Waals surface area contributed by atoms with E-state index >= 15 is 0 Å². The van der Waals surface area contributed by atoms with Crippen LogP contribution in [0.2, 0.25) is 0 Å². The largest absolute Gasteiger partial charge is 0.468 e. The number of nitrogens with two attached hydrogens (primary N) is 1. The molecule has 1 aliphatic heterocycles. The van der Waals surface area contributed by atoms with Gasteiger partial charge in [0.1, 0.15) is 5.54 Å². The van der Waals surface area contributed by atoms with Gasteiger partial charge in [-0.2, -0.15) is 0 Å². The molecule has 0 aromatic heterocycles. The van der Waals surface area contributed by atoms with Gasteiger partial charge in [-0.3, -0.25) is 4.79 Å². The smallest absolute Gasteiger partial charge is 0.325 e. The summed E-state index contributed by atoms with van der Waals surface area (Å²) in [6, 6.07) is 0.462. The molecule has 2 rings (SSSR count). The third-order valence-corrected chi connectivity index (χ3v) is 5.00. The van der Waals surface area contributed by atoms with Crippen molar-refractivity contribution in [2.24, 2.45) is 17.6 Å². The van der Waals surface area contributed by atoms with Gasteiger partial charge in [0, 0.05) is 12.6 Å².